The van der Waals surface area contributed by atoms with E-state index in [0.717, 1.165) is 0 Å². The molecule has 0 N–H and O–H groups in total. The number of halogens is 1. The van der Waals surface area contributed by atoms with Crippen molar-refractivity contribution in [1.82, 2.24) is 0 Å². The third-order valence-electron chi connectivity index (χ3n) is 1.92. The summed E-state index contributed by atoms with van der Waals surface area (Å²) in [6.45, 7) is 8.42. The van der Waals surface area contributed by atoms with E-state index in [-0.39, 0.29) is 0 Å². The molecule has 0 aliphatic heterocycles. The van der Waals surface area contributed by atoms with Crippen molar-refractivity contribution in [3.05, 3.63) is 40.0 Å². The van der Waals surface area contributed by atoms with Gasteiger partial charge in [-0.05, 0) is 45.7 Å². The van der Waals surface area contributed by atoms with E-state index in [0.29, 0.717) is 5.92 Å². The average Bonchev–Trinajstić information content (AvgIpc) is 2.04. The van der Waals surface area contributed by atoms with Crippen molar-refractivity contribution in [3.63, 3.8) is 0 Å². The fourth-order valence-corrected chi connectivity index (χ4v) is 1.77. The van der Waals surface area contributed by atoms with Gasteiger partial charge in [0.05, 0.1) is 0 Å². The predicted octanol–water partition coefficient (Wildman–Crippen LogP) is 3.96. The molecule has 1 aromatic carbocycles. The van der Waals surface area contributed by atoms with E-state index in [4.69, 9.17) is 0 Å². The summed E-state index contributed by atoms with van der Waals surface area (Å²) in [5.74, 6) is 0.529. The van der Waals surface area contributed by atoms with Crippen molar-refractivity contribution in [3.8, 4) is 0 Å². The summed E-state index contributed by atoms with van der Waals surface area (Å²) >= 11 is 2.35. The maximum absolute atomic E-state index is 4.08. The Morgan fingerprint density at radius 2 is 1.92 bits per heavy atom. The zero-order chi connectivity index (χ0) is 9.14. The lowest BCUT2D eigenvalue weighted by Gasteiger charge is -2.10. The molecule has 0 aliphatic rings. The van der Waals surface area contributed by atoms with Crippen molar-refractivity contribution in [2.75, 3.05) is 0 Å². The van der Waals surface area contributed by atoms with Crippen molar-refractivity contribution in [2.45, 2.75) is 13.8 Å². The largest absolute Gasteiger partial charge is 0.0949 e. The van der Waals surface area contributed by atoms with Crippen LogP contribution in [0.1, 0.15) is 19.4 Å². The molecule has 0 aromatic heterocycles. The molecule has 0 bridgehead atoms. The Hall–Kier alpha value is -0.310. The van der Waals surface area contributed by atoms with Crippen molar-refractivity contribution in [2.24, 2.45) is 5.92 Å². The van der Waals surface area contributed by atoms with Gasteiger partial charge in [0.25, 0.3) is 0 Å². The molecule has 0 fully saturated rings. The SMILES string of the molecule is C=C(c1ccccc1I)C(C)C. The van der Waals surface area contributed by atoms with Crippen LogP contribution < -0.4 is 0 Å². The molecule has 0 radical (unpaired) electrons. The average molecular weight is 272 g/mol. The van der Waals surface area contributed by atoms with Crippen LogP contribution in [0.5, 0.6) is 0 Å². The molecule has 0 spiro atoms. The van der Waals surface area contributed by atoms with Gasteiger partial charge in [-0.1, -0.05) is 38.6 Å². The van der Waals surface area contributed by atoms with Crippen LogP contribution in [0.4, 0.5) is 0 Å². The molecule has 0 heterocycles. The van der Waals surface area contributed by atoms with E-state index < -0.39 is 0 Å². The monoisotopic (exact) mass is 272 g/mol. The Morgan fingerprint density at radius 1 is 1.33 bits per heavy atom. The van der Waals surface area contributed by atoms with E-state index in [1.54, 1.807) is 0 Å². The Balaban J connectivity index is 3.03. The Labute approximate surface area is 87.8 Å². The van der Waals surface area contributed by atoms with Crippen LogP contribution in [-0.4, -0.2) is 0 Å². The van der Waals surface area contributed by atoms with Crippen LogP contribution in [0.25, 0.3) is 5.57 Å². The molecule has 0 saturated carbocycles. The highest BCUT2D eigenvalue weighted by molar-refractivity contribution is 14.1. The highest BCUT2D eigenvalue weighted by Gasteiger charge is 2.05. The third kappa shape index (κ3) is 2.09. The van der Waals surface area contributed by atoms with E-state index in [1.165, 1.54) is 14.7 Å². The zero-order valence-corrected chi connectivity index (χ0v) is 9.63. The standard InChI is InChI=1S/C11H13I/c1-8(2)9(3)10-6-4-5-7-11(10)12/h4-8H,3H2,1-2H3. The number of hydrogen-bond donors (Lipinski definition) is 0. The maximum atomic E-state index is 4.08. The lowest BCUT2D eigenvalue weighted by molar-refractivity contribution is 0.857. The molecule has 0 unspecified atom stereocenters. The quantitative estimate of drug-likeness (QED) is 0.715. The van der Waals surface area contributed by atoms with E-state index in [1.807, 2.05) is 0 Å². The van der Waals surface area contributed by atoms with Crippen molar-refractivity contribution < 1.29 is 0 Å². The second-order valence-electron chi connectivity index (χ2n) is 3.16. The summed E-state index contributed by atoms with van der Waals surface area (Å²) in [6.07, 6.45) is 0. The fourth-order valence-electron chi connectivity index (χ4n) is 1.03. The summed E-state index contributed by atoms with van der Waals surface area (Å²) in [5, 5.41) is 0. The van der Waals surface area contributed by atoms with Crippen LogP contribution in [0, 0.1) is 9.49 Å². The first-order valence-electron chi connectivity index (χ1n) is 4.06. The summed E-state index contributed by atoms with van der Waals surface area (Å²) in [7, 11) is 0. The first-order chi connectivity index (χ1) is 5.63. The van der Waals surface area contributed by atoms with Gasteiger partial charge in [-0.15, -0.1) is 0 Å². The fraction of sp³-hybridized carbons (Fsp3) is 0.273. The minimum atomic E-state index is 0.529. The minimum Gasteiger partial charge on any atom is -0.0949 e. The Kier molecular flexibility index (Phi) is 3.32. The summed E-state index contributed by atoms with van der Waals surface area (Å²) in [6, 6.07) is 8.36. The highest BCUT2D eigenvalue weighted by atomic mass is 127. The zero-order valence-electron chi connectivity index (χ0n) is 7.47. The Bertz CT molecular complexity index is 287. The normalized spacial score (nSPS) is 10.3. The van der Waals surface area contributed by atoms with Crippen LogP contribution in [-0.2, 0) is 0 Å². The van der Waals surface area contributed by atoms with Gasteiger partial charge in [0.15, 0.2) is 0 Å². The summed E-state index contributed by atoms with van der Waals surface area (Å²) in [4.78, 5) is 0. The number of rotatable bonds is 2. The van der Waals surface area contributed by atoms with Gasteiger partial charge < -0.3 is 0 Å². The molecule has 12 heavy (non-hydrogen) atoms. The van der Waals surface area contributed by atoms with E-state index >= 15 is 0 Å². The lowest BCUT2D eigenvalue weighted by Crippen LogP contribution is -1.93. The molecule has 0 amide bonds. The van der Waals surface area contributed by atoms with Gasteiger partial charge >= 0.3 is 0 Å². The van der Waals surface area contributed by atoms with Gasteiger partial charge in [-0.25, -0.2) is 0 Å². The van der Waals surface area contributed by atoms with Gasteiger partial charge in [-0.2, -0.15) is 0 Å². The summed E-state index contributed by atoms with van der Waals surface area (Å²) < 4.78 is 1.29. The van der Waals surface area contributed by atoms with Crippen LogP contribution in [0.2, 0.25) is 0 Å². The molecule has 0 nitrogen and oxygen atoms in total. The van der Waals surface area contributed by atoms with Crippen molar-refractivity contribution >= 4 is 28.2 Å². The molecule has 0 atom stereocenters. The predicted molar refractivity (Wildman–Crippen MR) is 63.0 cm³/mol. The van der Waals surface area contributed by atoms with Crippen LogP contribution >= 0.6 is 22.6 Å². The third-order valence-corrected chi connectivity index (χ3v) is 2.86. The number of hydrogen-bond acceptors (Lipinski definition) is 0. The van der Waals surface area contributed by atoms with Gasteiger partial charge in [0, 0.05) is 3.57 Å². The highest BCUT2D eigenvalue weighted by Crippen LogP contribution is 2.24. The molecule has 0 aliphatic carbocycles. The number of benzene rings is 1. The van der Waals surface area contributed by atoms with Crippen LogP contribution in [0.3, 0.4) is 0 Å². The second-order valence-corrected chi connectivity index (χ2v) is 4.32. The minimum absolute atomic E-state index is 0.529. The molecule has 0 saturated heterocycles. The van der Waals surface area contributed by atoms with Gasteiger partial charge in [0.2, 0.25) is 0 Å². The Morgan fingerprint density at radius 3 is 2.42 bits per heavy atom. The van der Waals surface area contributed by atoms with Gasteiger partial charge in [-0.3, -0.25) is 0 Å². The first kappa shape index (κ1) is 9.78. The smallest absolute Gasteiger partial charge is 0.0205 e. The molecule has 1 rings (SSSR count). The molecule has 1 aromatic rings. The molecule has 1 heteroatoms. The van der Waals surface area contributed by atoms with Crippen molar-refractivity contribution in [1.29, 1.82) is 0 Å². The molecular weight excluding hydrogens is 259 g/mol. The maximum Gasteiger partial charge on any atom is 0.0205 e. The molecular formula is C11H13I. The second kappa shape index (κ2) is 4.08. The summed E-state index contributed by atoms with van der Waals surface area (Å²) in [5.41, 5.74) is 2.51. The van der Waals surface area contributed by atoms with Crippen LogP contribution in [0.15, 0.2) is 30.8 Å². The molecule has 64 valence electrons. The lowest BCUT2D eigenvalue weighted by atomic mass is 9.97. The number of allylic oxidation sites excluding steroid dienone is 1. The van der Waals surface area contributed by atoms with Gasteiger partial charge in [0.1, 0.15) is 0 Å². The topological polar surface area (TPSA) is 0 Å². The van der Waals surface area contributed by atoms with E-state index in [2.05, 4.69) is 67.3 Å². The first-order valence-corrected chi connectivity index (χ1v) is 5.14. The van der Waals surface area contributed by atoms with E-state index in [9.17, 15) is 0 Å².